The summed E-state index contributed by atoms with van der Waals surface area (Å²) in [5, 5.41) is 2.76. The Balaban J connectivity index is 0.00000385. The normalized spacial score (nSPS) is 11.8. The van der Waals surface area contributed by atoms with E-state index in [1.165, 1.54) is 0 Å². The van der Waals surface area contributed by atoms with E-state index in [-0.39, 0.29) is 42.8 Å². The number of carbonyl (C=O) groups is 2. The lowest BCUT2D eigenvalue weighted by molar-refractivity contribution is -0.118. The van der Waals surface area contributed by atoms with Crippen LogP contribution in [0.3, 0.4) is 0 Å². The number of nitrogens with two attached hydrogens (primary N) is 3. The molecule has 1 atom stereocenters. The average Bonchev–Trinajstić information content (AvgIpc) is 3.28. The second kappa shape index (κ2) is 10.8. The summed E-state index contributed by atoms with van der Waals surface area (Å²) in [5.41, 5.74) is 20.0. The number of anilines is 1. The van der Waals surface area contributed by atoms with Crippen LogP contribution in [0.4, 0.5) is 5.69 Å². The minimum Gasteiger partial charge on any atom is -0.370 e. The highest BCUT2D eigenvalue weighted by Crippen LogP contribution is 2.29. The van der Waals surface area contributed by atoms with Gasteiger partial charge in [0.25, 0.3) is 0 Å². The molecule has 0 aliphatic carbocycles. The fraction of sp³-hybridized carbons (Fsp3) is 0.333. The molecule has 12 heteroatoms. The second-order valence-corrected chi connectivity index (χ2v) is 7.86. The monoisotopic (exact) mass is 475 g/mol. The molecule has 3 aromatic rings. The number of imidazole rings is 1. The number of rotatable bonds is 9. The molecule has 2 aromatic heterocycles. The quantitative estimate of drug-likeness (QED) is 0.228. The van der Waals surface area contributed by atoms with Crippen LogP contribution in [0.25, 0.3) is 22.6 Å². The fourth-order valence-electron chi connectivity index (χ4n) is 3.59. The SMILES string of the molecule is CN(C)C(CCC(N)=O)c1ccc2nc(-c3cc(NC(=O)CN=C(N)N)cn3C)[nH]c2c1.Cl. The minimum absolute atomic E-state index is 0. The first-order valence-electron chi connectivity index (χ1n) is 10.1. The van der Waals surface area contributed by atoms with Gasteiger partial charge in [0.15, 0.2) is 11.8 Å². The number of H-pyrrole nitrogens is 1. The number of fused-ring (bicyclic) bond motifs is 1. The van der Waals surface area contributed by atoms with Crippen LogP contribution < -0.4 is 22.5 Å². The van der Waals surface area contributed by atoms with Gasteiger partial charge in [-0.3, -0.25) is 9.59 Å². The Morgan fingerprint density at radius 3 is 2.61 bits per heavy atom. The van der Waals surface area contributed by atoms with Crippen LogP contribution in [-0.2, 0) is 16.6 Å². The molecule has 0 fully saturated rings. The number of hydrogen-bond donors (Lipinski definition) is 5. The predicted octanol–water partition coefficient (Wildman–Crippen LogP) is 1.07. The number of aliphatic imine (C=N–C) groups is 1. The van der Waals surface area contributed by atoms with Crippen molar-refractivity contribution in [2.24, 2.45) is 29.2 Å². The average molecular weight is 476 g/mol. The van der Waals surface area contributed by atoms with E-state index in [4.69, 9.17) is 17.2 Å². The van der Waals surface area contributed by atoms with Crippen molar-refractivity contribution in [1.29, 1.82) is 0 Å². The Bertz CT molecular complexity index is 1160. The summed E-state index contributed by atoms with van der Waals surface area (Å²) in [5.74, 6) is -0.105. The Morgan fingerprint density at radius 2 is 1.97 bits per heavy atom. The molecule has 8 N–H and O–H groups in total. The molecule has 0 spiro atoms. The number of carbonyl (C=O) groups excluding carboxylic acids is 2. The number of halogens is 1. The number of benzene rings is 1. The Morgan fingerprint density at radius 1 is 1.24 bits per heavy atom. The van der Waals surface area contributed by atoms with Crippen LogP contribution in [0.1, 0.15) is 24.4 Å². The van der Waals surface area contributed by atoms with Gasteiger partial charge in [-0.05, 0) is 44.3 Å². The van der Waals surface area contributed by atoms with Gasteiger partial charge in [0.05, 0.1) is 22.4 Å². The number of aromatic amines is 1. The topological polar surface area (TPSA) is 173 Å². The maximum Gasteiger partial charge on any atom is 0.246 e. The molecule has 33 heavy (non-hydrogen) atoms. The molecule has 0 saturated carbocycles. The molecular formula is C21H30ClN9O2. The van der Waals surface area contributed by atoms with Crippen molar-refractivity contribution in [3.05, 3.63) is 36.0 Å². The maximum absolute atomic E-state index is 12.0. The van der Waals surface area contributed by atoms with E-state index in [0.29, 0.717) is 24.4 Å². The molecule has 2 heterocycles. The van der Waals surface area contributed by atoms with Crippen molar-refractivity contribution in [3.8, 4) is 11.5 Å². The summed E-state index contributed by atoms with van der Waals surface area (Å²) in [4.78, 5) is 37.0. The largest absolute Gasteiger partial charge is 0.370 e. The van der Waals surface area contributed by atoms with Crippen molar-refractivity contribution in [1.82, 2.24) is 19.4 Å². The summed E-state index contributed by atoms with van der Waals surface area (Å²) in [6, 6.07) is 7.88. The van der Waals surface area contributed by atoms with Crippen LogP contribution in [0.5, 0.6) is 0 Å². The van der Waals surface area contributed by atoms with E-state index in [2.05, 4.69) is 25.2 Å². The first-order valence-corrected chi connectivity index (χ1v) is 10.1. The van der Waals surface area contributed by atoms with E-state index in [1.807, 2.05) is 50.0 Å². The number of aromatic nitrogens is 3. The number of nitrogens with zero attached hydrogens (tertiary/aromatic N) is 4. The molecule has 1 unspecified atom stereocenters. The summed E-state index contributed by atoms with van der Waals surface area (Å²) >= 11 is 0. The number of guanidine groups is 1. The highest BCUT2D eigenvalue weighted by atomic mass is 35.5. The molecule has 0 aliphatic heterocycles. The second-order valence-electron chi connectivity index (χ2n) is 7.86. The van der Waals surface area contributed by atoms with Crippen LogP contribution in [0, 0.1) is 0 Å². The first-order chi connectivity index (χ1) is 15.1. The minimum atomic E-state index is -0.324. The highest BCUT2D eigenvalue weighted by Gasteiger charge is 2.17. The van der Waals surface area contributed by atoms with Gasteiger partial charge in [0.2, 0.25) is 11.8 Å². The standard InChI is InChI=1S/C21H29N9O2.ClH/c1-29(2)16(6-7-18(22)31)12-4-5-14-15(8-12)28-20(27-14)17-9-13(11-30(17)3)26-19(32)10-25-21(23)24;/h4-5,8-9,11,16H,6-7,10H2,1-3H3,(H2,22,31)(H,26,32)(H,27,28)(H4,23,24,25);1H. The van der Waals surface area contributed by atoms with Crippen LogP contribution in [0.15, 0.2) is 35.5 Å². The van der Waals surface area contributed by atoms with Gasteiger partial charge in [-0.25, -0.2) is 9.98 Å². The van der Waals surface area contributed by atoms with Crippen LogP contribution in [0.2, 0.25) is 0 Å². The maximum atomic E-state index is 12.0. The van der Waals surface area contributed by atoms with Crippen molar-refractivity contribution in [2.75, 3.05) is 26.0 Å². The highest BCUT2D eigenvalue weighted by molar-refractivity contribution is 5.94. The van der Waals surface area contributed by atoms with Gasteiger partial charge >= 0.3 is 0 Å². The lowest BCUT2D eigenvalue weighted by Gasteiger charge is -2.24. The lowest BCUT2D eigenvalue weighted by atomic mass is 10.0. The third-order valence-electron chi connectivity index (χ3n) is 5.11. The van der Waals surface area contributed by atoms with E-state index >= 15 is 0 Å². The fourth-order valence-corrected chi connectivity index (χ4v) is 3.59. The van der Waals surface area contributed by atoms with Crippen molar-refractivity contribution in [2.45, 2.75) is 18.9 Å². The van der Waals surface area contributed by atoms with Gasteiger partial charge in [0.1, 0.15) is 6.54 Å². The van der Waals surface area contributed by atoms with Crippen molar-refractivity contribution >= 4 is 46.9 Å². The lowest BCUT2D eigenvalue weighted by Crippen LogP contribution is -2.25. The molecule has 0 aliphatic rings. The number of nitrogens with one attached hydrogen (secondary N) is 2. The van der Waals surface area contributed by atoms with E-state index in [0.717, 1.165) is 22.3 Å². The zero-order valence-corrected chi connectivity index (χ0v) is 19.6. The number of aryl methyl sites for hydroxylation is 1. The Labute approximate surface area is 197 Å². The zero-order chi connectivity index (χ0) is 23.4. The Hall–Kier alpha value is -3.57. The van der Waals surface area contributed by atoms with Gasteiger partial charge in [-0.1, -0.05) is 6.07 Å². The van der Waals surface area contributed by atoms with Gasteiger partial charge < -0.3 is 37.0 Å². The molecule has 0 radical (unpaired) electrons. The summed E-state index contributed by atoms with van der Waals surface area (Å²) in [6.07, 6.45) is 2.74. The molecule has 11 nitrogen and oxygen atoms in total. The summed E-state index contributed by atoms with van der Waals surface area (Å²) in [6.45, 7) is -0.150. The van der Waals surface area contributed by atoms with Crippen molar-refractivity contribution < 1.29 is 9.59 Å². The van der Waals surface area contributed by atoms with E-state index < -0.39 is 0 Å². The van der Waals surface area contributed by atoms with Gasteiger partial charge in [-0.15, -0.1) is 12.4 Å². The van der Waals surface area contributed by atoms with E-state index in [9.17, 15) is 9.59 Å². The van der Waals surface area contributed by atoms with Gasteiger partial charge in [0, 0.05) is 25.7 Å². The molecule has 3 rings (SSSR count). The number of amides is 2. The number of primary amides is 1. The molecule has 178 valence electrons. The third-order valence-corrected chi connectivity index (χ3v) is 5.11. The van der Waals surface area contributed by atoms with Crippen LogP contribution in [-0.4, -0.2) is 57.8 Å². The predicted molar refractivity (Wildman–Crippen MR) is 132 cm³/mol. The molecule has 0 saturated heterocycles. The van der Waals surface area contributed by atoms with Crippen LogP contribution >= 0.6 is 12.4 Å². The molecule has 1 aromatic carbocycles. The molecule has 2 amide bonds. The third kappa shape index (κ3) is 6.46. The Kier molecular flexibility index (Phi) is 8.44. The molecular weight excluding hydrogens is 446 g/mol. The smallest absolute Gasteiger partial charge is 0.246 e. The summed E-state index contributed by atoms with van der Waals surface area (Å²) in [7, 11) is 5.81. The zero-order valence-electron chi connectivity index (χ0n) is 18.8. The van der Waals surface area contributed by atoms with Gasteiger partial charge in [-0.2, -0.15) is 0 Å². The number of hydrogen-bond acceptors (Lipinski definition) is 5. The first kappa shape index (κ1) is 25.7. The van der Waals surface area contributed by atoms with E-state index in [1.54, 1.807) is 6.20 Å². The molecule has 0 bridgehead atoms. The summed E-state index contributed by atoms with van der Waals surface area (Å²) < 4.78 is 1.87. The van der Waals surface area contributed by atoms with Crippen molar-refractivity contribution in [3.63, 3.8) is 0 Å².